The van der Waals surface area contributed by atoms with E-state index in [4.69, 9.17) is 4.42 Å². The second-order valence-corrected chi connectivity index (χ2v) is 4.64. The number of thiophene rings is 1. The molecule has 2 rings (SSSR count). The van der Waals surface area contributed by atoms with Crippen LogP contribution in [-0.4, -0.2) is 17.0 Å². The summed E-state index contributed by atoms with van der Waals surface area (Å²) in [5.74, 6) is 0.310. The summed E-state index contributed by atoms with van der Waals surface area (Å²) >= 11 is 0.969. The number of aryl methyl sites for hydroxylation is 1. The second kappa shape index (κ2) is 5.44. The predicted molar refractivity (Wildman–Crippen MR) is 69.5 cm³/mol. The molecule has 0 aromatic carbocycles. The van der Waals surface area contributed by atoms with Crippen LogP contribution < -0.4 is 5.43 Å². The molecule has 1 amide bonds. The zero-order chi connectivity index (χ0) is 13.8. The van der Waals surface area contributed by atoms with Gasteiger partial charge >= 0.3 is 10.9 Å². The number of amides is 1. The Labute approximate surface area is 111 Å². The first-order valence-electron chi connectivity index (χ1n) is 5.20. The lowest BCUT2D eigenvalue weighted by atomic mass is 10.4. The van der Waals surface area contributed by atoms with Crippen molar-refractivity contribution >= 4 is 28.5 Å². The third-order valence-corrected chi connectivity index (χ3v) is 3.09. The summed E-state index contributed by atoms with van der Waals surface area (Å²) < 4.78 is 5.11. The monoisotopic (exact) mass is 279 g/mol. The second-order valence-electron chi connectivity index (χ2n) is 3.54. The Balaban J connectivity index is 1.96. The number of carbonyl (C=O) groups excluding carboxylic acids is 1. The SMILES string of the molecule is Cc1ccc(C(=O)NN=Cc2ccc([N+](=O)[O-])s2)o1. The van der Waals surface area contributed by atoms with Crippen LogP contribution in [0.2, 0.25) is 0 Å². The Morgan fingerprint density at radius 1 is 1.47 bits per heavy atom. The van der Waals surface area contributed by atoms with Crippen molar-refractivity contribution in [2.24, 2.45) is 5.10 Å². The van der Waals surface area contributed by atoms with Crippen molar-refractivity contribution in [3.05, 3.63) is 50.8 Å². The van der Waals surface area contributed by atoms with E-state index >= 15 is 0 Å². The minimum absolute atomic E-state index is 0.0226. The van der Waals surface area contributed by atoms with Gasteiger partial charge in [0.25, 0.3) is 0 Å². The molecule has 0 saturated heterocycles. The topological polar surface area (TPSA) is 97.7 Å². The molecule has 0 spiro atoms. The maximum atomic E-state index is 11.5. The van der Waals surface area contributed by atoms with Crippen molar-refractivity contribution in [3.63, 3.8) is 0 Å². The van der Waals surface area contributed by atoms with E-state index in [1.54, 1.807) is 19.1 Å². The Morgan fingerprint density at radius 2 is 2.26 bits per heavy atom. The van der Waals surface area contributed by atoms with E-state index in [-0.39, 0.29) is 10.8 Å². The number of rotatable bonds is 4. The van der Waals surface area contributed by atoms with Crippen LogP contribution in [0.3, 0.4) is 0 Å². The first kappa shape index (κ1) is 13.0. The van der Waals surface area contributed by atoms with Gasteiger partial charge in [-0.05, 0) is 25.1 Å². The van der Waals surface area contributed by atoms with Crippen molar-refractivity contribution < 1.29 is 14.1 Å². The number of nitro groups is 1. The lowest BCUT2D eigenvalue weighted by Crippen LogP contribution is -2.16. The molecule has 8 heteroatoms. The third-order valence-electron chi connectivity index (χ3n) is 2.11. The number of hydrazone groups is 1. The zero-order valence-corrected chi connectivity index (χ0v) is 10.6. The highest BCUT2D eigenvalue weighted by molar-refractivity contribution is 7.16. The number of hydrogen-bond acceptors (Lipinski definition) is 6. The van der Waals surface area contributed by atoms with Gasteiger partial charge in [-0.25, -0.2) is 5.43 Å². The van der Waals surface area contributed by atoms with Gasteiger partial charge in [0, 0.05) is 6.07 Å². The first-order chi connectivity index (χ1) is 9.06. The fraction of sp³-hybridized carbons (Fsp3) is 0.0909. The Hall–Kier alpha value is -2.48. The van der Waals surface area contributed by atoms with Gasteiger partial charge in [-0.3, -0.25) is 14.9 Å². The Bertz CT molecular complexity index is 644. The minimum Gasteiger partial charge on any atom is -0.456 e. The van der Waals surface area contributed by atoms with Crippen LogP contribution in [0.4, 0.5) is 5.00 Å². The maximum Gasteiger partial charge on any atom is 0.324 e. The fourth-order valence-corrected chi connectivity index (χ4v) is 1.97. The predicted octanol–water partition coefficient (Wildman–Crippen LogP) is 2.32. The molecular formula is C11H9N3O4S. The summed E-state index contributed by atoms with van der Waals surface area (Å²) in [4.78, 5) is 22.1. The normalized spacial score (nSPS) is 10.8. The van der Waals surface area contributed by atoms with Crippen molar-refractivity contribution in [1.82, 2.24) is 5.43 Å². The molecule has 0 radical (unpaired) electrons. The zero-order valence-electron chi connectivity index (χ0n) is 9.82. The van der Waals surface area contributed by atoms with Crippen molar-refractivity contribution in [1.29, 1.82) is 0 Å². The summed E-state index contributed by atoms with van der Waals surface area (Å²) in [5.41, 5.74) is 2.27. The molecule has 0 fully saturated rings. The largest absolute Gasteiger partial charge is 0.456 e. The van der Waals surface area contributed by atoms with E-state index in [1.807, 2.05) is 0 Å². The van der Waals surface area contributed by atoms with Crippen molar-refractivity contribution in [2.45, 2.75) is 6.92 Å². The summed E-state index contributed by atoms with van der Waals surface area (Å²) in [6.07, 6.45) is 1.34. The van der Waals surface area contributed by atoms with Crippen LogP contribution in [0.1, 0.15) is 21.2 Å². The number of carbonyl (C=O) groups is 1. The van der Waals surface area contributed by atoms with Gasteiger partial charge in [-0.2, -0.15) is 5.10 Å². The van der Waals surface area contributed by atoms with Crippen LogP contribution in [0.15, 0.2) is 33.8 Å². The molecule has 98 valence electrons. The highest BCUT2D eigenvalue weighted by Crippen LogP contribution is 2.22. The molecule has 0 unspecified atom stereocenters. The number of nitrogens with zero attached hydrogens (tertiary/aromatic N) is 2. The quantitative estimate of drug-likeness (QED) is 0.527. The minimum atomic E-state index is -0.480. The van der Waals surface area contributed by atoms with Crippen LogP contribution in [0, 0.1) is 17.0 Å². The molecule has 0 bridgehead atoms. The van der Waals surface area contributed by atoms with E-state index in [9.17, 15) is 14.9 Å². The lowest BCUT2D eigenvalue weighted by Gasteiger charge is -1.94. The van der Waals surface area contributed by atoms with Crippen LogP contribution >= 0.6 is 11.3 Å². The van der Waals surface area contributed by atoms with Crippen molar-refractivity contribution in [2.75, 3.05) is 0 Å². The molecule has 0 aliphatic heterocycles. The average molecular weight is 279 g/mol. The number of hydrogen-bond donors (Lipinski definition) is 1. The van der Waals surface area contributed by atoms with Gasteiger partial charge in [-0.1, -0.05) is 11.3 Å². The Morgan fingerprint density at radius 3 is 2.84 bits per heavy atom. The molecule has 2 heterocycles. The van der Waals surface area contributed by atoms with Gasteiger partial charge in [-0.15, -0.1) is 0 Å². The molecule has 2 aromatic heterocycles. The molecule has 0 aliphatic rings. The molecule has 1 N–H and O–H groups in total. The van der Waals surface area contributed by atoms with Crippen LogP contribution in [0.25, 0.3) is 0 Å². The first-order valence-corrected chi connectivity index (χ1v) is 6.02. The van der Waals surface area contributed by atoms with E-state index in [1.165, 1.54) is 18.3 Å². The highest BCUT2D eigenvalue weighted by atomic mass is 32.1. The van der Waals surface area contributed by atoms with Crippen molar-refractivity contribution in [3.8, 4) is 0 Å². The molecular weight excluding hydrogens is 270 g/mol. The smallest absolute Gasteiger partial charge is 0.324 e. The van der Waals surface area contributed by atoms with E-state index in [0.29, 0.717) is 10.6 Å². The summed E-state index contributed by atoms with van der Waals surface area (Å²) in [6, 6.07) is 6.14. The van der Waals surface area contributed by atoms with E-state index < -0.39 is 10.8 Å². The lowest BCUT2D eigenvalue weighted by molar-refractivity contribution is -0.380. The van der Waals surface area contributed by atoms with Gasteiger partial charge in [0.1, 0.15) is 5.76 Å². The molecule has 0 aliphatic carbocycles. The third kappa shape index (κ3) is 3.26. The maximum absolute atomic E-state index is 11.5. The number of furan rings is 1. The van der Waals surface area contributed by atoms with Gasteiger partial charge in [0.2, 0.25) is 0 Å². The van der Waals surface area contributed by atoms with Gasteiger partial charge in [0.15, 0.2) is 5.76 Å². The van der Waals surface area contributed by atoms with Crippen LogP contribution in [0.5, 0.6) is 0 Å². The molecule has 7 nitrogen and oxygen atoms in total. The average Bonchev–Trinajstić information content (AvgIpc) is 2.98. The van der Waals surface area contributed by atoms with Gasteiger partial charge < -0.3 is 4.42 Å². The van der Waals surface area contributed by atoms with Gasteiger partial charge in [0.05, 0.1) is 16.0 Å². The standard InChI is InChI=1S/C11H9N3O4S/c1-7-2-4-9(18-7)11(15)13-12-6-8-3-5-10(19-8)14(16)17/h2-6H,1H3,(H,13,15). The molecule has 2 aromatic rings. The molecule has 0 saturated carbocycles. The summed E-state index contributed by atoms with van der Waals surface area (Å²) in [6.45, 7) is 1.73. The van der Waals surface area contributed by atoms with E-state index in [2.05, 4.69) is 10.5 Å². The Kier molecular flexibility index (Phi) is 3.71. The molecule has 0 atom stereocenters. The van der Waals surface area contributed by atoms with E-state index in [0.717, 1.165) is 11.3 Å². The molecule has 19 heavy (non-hydrogen) atoms. The highest BCUT2D eigenvalue weighted by Gasteiger charge is 2.09. The fourth-order valence-electron chi connectivity index (χ4n) is 1.28. The summed E-state index contributed by atoms with van der Waals surface area (Å²) in [7, 11) is 0. The van der Waals surface area contributed by atoms with Crippen LogP contribution in [-0.2, 0) is 0 Å². The number of nitrogens with one attached hydrogen (secondary N) is 1. The summed E-state index contributed by atoms with van der Waals surface area (Å²) in [5, 5.41) is 14.2.